The summed E-state index contributed by atoms with van der Waals surface area (Å²) in [5.74, 6) is 1.79. The third-order valence-electron chi connectivity index (χ3n) is 7.32. The molecule has 0 bridgehead atoms. The Hall–Kier alpha value is -5.68. The molecule has 41 heavy (non-hydrogen) atoms. The molecule has 0 atom stereocenters. The molecule has 8 aromatic rings. The SMILES string of the molecule is c1ccc(-c2nc(-c3ccccc3)nc(-c3cccc4nc(-c5ccccc5)c5c6ccccc6oc5c34)n2)cc1. The molecule has 192 valence electrons. The molecule has 0 saturated heterocycles. The third-order valence-corrected chi connectivity index (χ3v) is 7.32. The molecule has 0 unspecified atom stereocenters. The van der Waals surface area contributed by atoms with Gasteiger partial charge in [0.25, 0.3) is 0 Å². The van der Waals surface area contributed by atoms with E-state index in [0.717, 1.165) is 60.8 Å². The molecule has 3 heterocycles. The zero-order chi connectivity index (χ0) is 27.2. The van der Waals surface area contributed by atoms with Gasteiger partial charge in [0.1, 0.15) is 11.2 Å². The fourth-order valence-corrected chi connectivity index (χ4v) is 5.43. The maximum absolute atomic E-state index is 6.61. The average molecular weight is 527 g/mol. The van der Waals surface area contributed by atoms with Crippen molar-refractivity contribution < 1.29 is 4.42 Å². The van der Waals surface area contributed by atoms with E-state index in [1.807, 2.05) is 115 Å². The van der Waals surface area contributed by atoms with Gasteiger partial charge in [-0.05, 0) is 12.1 Å². The second kappa shape index (κ2) is 9.50. The number of rotatable bonds is 4. The van der Waals surface area contributed by atoms with Gasteiger partial charge in [0.15, 0.2) is 17.5 Å². The van der Waals surface area contributed by atoms with Crippen molar-refractivity contribution in [2.45, 2.75) is 0 Å². The molecule has 0 fully saturated rings. The normalized spacial score (nSPS) is 11.4. The van der Waals surface area contributed by atoms with E-state index in [1.54, 1.807) is 0 Å². The molecule has 8 rings (SSSR count). The Balaban J connectivity index is 1.47. The van der Waals surface area contributed by atoms with Crippen molar-refractivity contribution >= 4 is 32.8 Å². The van der Waals surface area contributed by atoms with Gasteiger partial charge in [0.2, 0.25) is 0 Å². The minimum atomic E-state index is 0.569. The van der Waals surface area contributed by atoms with Crippen molar-refractivity contribution in [1.82, 2.24) is 19.9 Å². The fourth-order valence-electron chi connectivity index (χ4n) is 5.43. The molecule has 0 spiro atoms. The van der Waals surface area contributed by atoms with Crippen LogP contribution in [-0.2, 0) is 0 Å². The zero-order valence-corrected chi connectivity index (χ0v) is 21.9. The molecular formula is C36H22N4O. The molecule has 5 heteroatoms. The van der Waals surface area contributed by atoms with Gasteiger partial charge in [0.05, 0.1) is 22.0 Å². The van der Waals surface area contributed by atoms with Gasteiger partial charge < -0.3 is 4.42 Å². The monoisotopic (exact) mass is 526 g/mol. The van der Waals surface area contributed by atoms with Gasteiger partial charge >= 0.3 is 0 Å². The van der Waals surface area contributed by atoms with Crippen molar-refractivity contribution in [2.24, 2.45) is 0 Å². The van der Waals surface area contributed by atoms with Crippen LogP contribution in [0.4, 0.5) is 0 Å². The molecule has 5 nitrogen and oxygen atoms in total. The van der Waals surface area contributed by atoms with Crippen LogP contribution in [0.5, 0.6) is 0 Å². The third kappa shape index (κ3) is 3.95. The summed E-state index contributed by atoms with van der Waals surface area (Å²) in [5, 5.41) is 2.88. The Bertz CT molecular complexity index is 2130. The zero-order valence-electron chi connectivity index (χ0n) is 21.9. The molecule has 0 amide bonds. The molecule has 0 aliphatic carbocycles. The number of nitrogens with zero attached hydrogens (tertiary/aromatic N) is 4. The van der Waals surface area contributed by atoms with E-state index < -0.39 is 0 Å². The standard InChI is InChI=1S/C36H22N4O/c1-4-13-23(14-5-1)32-31-26-19-10-11-22-29(26)41-33(31)30-27(20-12-21-28(30)37-32)36-39-34(24-15-6-2-7-16-24)38-35(40-36)25-17-8-3-9-18-25/h1-22H. The van der Waals surface area contributed by atoms with Crippen LogP contribution in [0, 0.1) is 0 Å². The predicted molar refractivity (Wildman–Crippen MR) is 164 cm³/mol. The van der Waals surface area contributed by atoms with Crippen molar-refractivity contribution in [3.8, 4) is 45.4 Å². The Morgan fingerprint density at radius 2 is 0.976 bits per heavy atom. The first-order chi connectivity index (χ1) is 20.3. The first kappa shape index (κ1) is 23.2. The van der Waals surface area contributed by atoms with E-state index in [2.05, 4.69) is 18.2 Å². The maximum Gasteiger partial charge on any atom is 0.164 e. The highest BCUT2D eigenvalue weighted by Gasteiger charge is 2.22. The molecule has 5 aromatic carbocycles. The molecule has 0 saturated carbocycles. The van der Waals surface area contributed by atoms with Crippen molar-refractivity contribution in [3.63, 3.8) is 0 Å². The number of furan rings is 1. The van der Waals surface area contributed by atoms with Gasteiger partial charge in [0, 0.05) is 27.6 Å². The van der Waals surface area contributed by atoms with Crippen molar-refractivity contribution in [2.75, 3.05) is 0 Å². The van der Waals surface area contributed by atoms with E-state index >= 15 is 0 Å². The molecule has 3 aromatic heterocycles. The first-order valence-electron chi connectivity index (χ1n) is 13.5. The van der Waals surface area contributed by atoms with Crippen LogP contribution in [0.3, 0.4) is 0 Å². The lowest BCUT2D eigenvalue weighted by molar-refractivity contribution is 0.672. The molecule has 0 N–H and O–H groups in total. The van der Waals surface area contributed by atoms with Crippen LogP contribution in [0.25, 0.3) is 78.3 Å². The van der Waals surface area contributed by atoms with Gasteiger partial charge in [-0.2, -0.15) is 0 Å². The number of hydrogen-bond donors (Lipinski definition) is 0. The van der Waals surface area contributed by atoms with E-state index in [9.17, 15) is 0 Å². The van der Waals surface area contributed by atoms with E-state index in [0.29, 0.717) is 17.5 Å². The predicted octanol–water partition coefficient (Wildman–Crippen LogP) is 8.99. The summed E-state index contributed by atoms with van der Waals surface area (Å²) in [6.07, 6.45) is 0. The lowest BCUT2D eigenvalue weighted by atomic mass is 10.00. The minimum Gasteiger partial charge on any atom is -0.455 e. The van der Waals surface area contributed by atoms with Gasteiger partial charge in [-0.25, -0.2) is 19.9 Å². The van der Waals surface area contributed by atoms with Gasteiger partial charge in [-0.1, -0.05) is 121 Å². The summed E-state index contributed by atoms with van der Waals surface area (Å²) in [4.78, 5) is 20.1. The van der Waals surface area contributed by atoms with Crippen molar-refractivity contribution in [3.05, 3.63) is 133 Å². The Labute approximate surface area is 235 Å². The van der Waals surface area contributed by atoms with E-state index in [1.165, 1.54) is 0 Å². The Morgan fingerprint density at radius 3 is 1.63 bits per heavy atom. The number of fused-ring (bicyclic) bond motifs is 5. The van der Waals surface area contributed by atoms with E-state index in [4.69, 9.17) is 24.4 Å². The summed E-state index contributed by atoms with van der Waals surface area (Å²) >= 11 is 0. The van der Waals surface area contributed by atoms with Crippen LogP contribution in [0.2, 0.25) is 0 Å². The molecule has 0 radical (unpaired) electrons. The van der Waals surface area contributed by atoms with E-state index in [-0.39, 0.29) is 0 Å². The quantitative estimate of drug-likeness (QED) is 0.229. The number of hydrogen-bond acceptors (Lipinski definition) is 5. The number of aromatic nitrogens is 4. The first-order valence-corrected chi connectivity index (χ1v) is 13.5. The molecule has 0 aliphatic rings. The van der Waals surface area contributed by atoms with Crippen LogP contribution < -0.4 is 0 Å². The lowest BCUT2D eigenvalue weighted by Gasteiger charge is -2.12. The maximum atomic E-state index is 6.61. The number of pyridine rings is 1. The van der Waals surface area contributed by atoms with Crippen LogP contribution in [-0.4, -0.2) is 19.9 Å². The number of para-hydroxylation sites is 1. The summed E-state index contributed by atoms with van der Waals surface area (Å²) in [6, 6.07) is 44.5. The largest absolute Gasteiger partial charge is 0.455 e. The minimum absolute atomic E-state index is 0.569. The van der Waals surface area contributed by atoms with Gasteiger partial charge in [-0.3, -0.25) is 0 Å². The second-order valence-electron chi connectivity index (χ2n) is 9.87. The highest BCUT2D eigenvalue weighted by Crippen LogP contribution is 2.42. The highest BCUT2D eigenvalue weighted by molar-refractivity contribution is 6.21. The van der Waals surface area contributed by atoms with Gasteiger partial charge in [-0.15, -0.1) is 0 Å². The highest BCUT2D eigenvalue weighted by atomic mass is 16.3. The second-order valence-corrected chi connectivity index (χ2v) is 9.87. The molecule has 0 aliphatic heterocycles. The summed E-state index contributed by atoms with van der Waals surface area (Å²) < 4.78 is 6.61. The molecular weight excluding hydrogens is 504 g/mol. The van der Waals surface area contributed by atoms with Crippen LogP contribution in [0.15, 0.2) is 138 Å². The summed E-state index contributed by atoms with van der Waals surface area (Å²) in [7, 11) is 0. The van der Waals surface area contributed by atoms with Crippen LogP contribution >= 0.6 is 0 Å². The fraction of sp³-hybridized carbons (Fsp3) is 0. The topological polar surface area (TPSA) is 64.7 Å². The smallest absolute Gasteiger partial charge is 0.164 e. The summed E-state index contributed by atoms with van der Waals surface area (Å²) in [5.41, 5.74) is 7.02. The Kier molecular flexibility index (Phi) is 5.38. The Morgan fingerprint density at radius 1 is 0.415 bits per heavy atom. The van der Waals surface area contributed by atoms with Crippen LogP contribution in [0.1, 0.15) is 0 Å². The lowest BCUT2D eigenvalue weighted by Crippen LogP contribution is -2.01. The summed E-state index contributed by atoms with van der Waals surface area (Å²) in [6.45, 7) is 0. The average Bonchev–Trinajstić information content (AvgIpc) is 3.45. The number of benzene rings is 5. The van der Waals surface area contributed by atoms with Crippen molar-refractivity contribution in [1.29, 1.82) is 0 Å².